The molecule has 3 rings (SSSR count). The molecule has 0 radical (unpaired) electrons. The number of nitrogens with one attached hydrogen (secondary N) is 1. The molecule has 0 fully saturated rings. The number of rotatable bonds is 4. The number of aliphatic carboxylic acids is 1. The zero-order valence-corrected chi connectivity index (χ0v) is 11.6. The third kappa shape index (κ3) is 2.92. The van der Waals surface area contributed by atoms with Crippen molar-refractivity contribution < 1.29 is 14.7 Å². The van der Waals surface area contributed by atoms with Gasteiger partial charge in [0.15, 0.2) is 5.82 Å². The van der Waals surface area contributed by atoms with E-state index in [-0.39, 0.29) is 12.5 Å². The number of carbonyl (C=O) groups is 2. The van der Waals surface area contributed by atoms with Gasteiger partial charge in [-0.1, -0.05) is 18.2 Å². The number of aromatic nitrogens is 2. The number of anilines is 1. The van der Waals surface area contributed by atoms with Gasteiger partial charge in [-0.15, -0.1) is 11.3 Å². The molecular formula is C14H11N3O3S. The number of carboxylic acid groups (broad SMARTS) is 1. The fourth-order valence-electron chi connectivity index (χ4n) is 1.93. The molecule has 3 aromatic rings. The van der Waals surface area contributed by atoms with Crippen LogP contribution in [0.4, 0.5) is 5.82 Å². The summed E-state index contributed by atoms with van der Waals surface area (Å²) in [5.41, 5.74) is 0. The van der Waals surface area contributed by atoms with Gasteiger partial charge in [0.25, 0.3) is 5.91 Å². The number of fused-ring (bicyclic) bond motifs is 1. The third-order valence-electron chi connectivity index (χ3n) is 2.83. The second-order valence-corrected chi connectivity index (χ2v) is 5.48. The quantitative estimate of drug-likeness (QED) is 0.775. The van der Waals surface area contributed by atoms with E-state index in [1.165, 1.54) is 22.2 Å². The van der Waals surface area contributed by atoms with Crippen LogP contribution in [0, 0.1) is 0 Å². The Morgan fingerprint density at radius 1 is 1.29 bits per heavy atom. The summed E-state index contributed by atoms with van der Waals surface area (Å²) in [5.74, 6) is -0.907. The lowest BCUT2D eigenvalue weighted by atomic mass is 10.2. The minimum atomic E-state index is -0.986. The minimum Gasteiger partial charge on any atom is -0.480 e. The molecule has 0 atom stereocenters. The first-order valence-electron chi connectivity index (χ1n) is 6.17. The number of hydrogen-bond acceptors (Lipinski definition) is 4. The average molecular weight is 301 g/mol. The first kappa shape index (κ1) is 13.3. The Kier molecular flexibility index (Phi) is 3.41. The van der Waals surface area contributed by atoms with Crippen molar-refractivity contribution in [2.24, 2.45) is 0 Å². The maximum absolute atomic E-state index is 12.1. The van der Waals surface area contributed by atoms with E-state index in [0.29, 0.717) is 10.7 Å². The van der Waals surface area contributed by atoms with Gasteiger partial charge in [-0.05, 0) is 17.5 Å². The van der Waals surface area contributed by atoms with Crippen LogP contribution in [0.3, 0.4) is 0 Å². The highest BCUT2D eigenvalue weighted by Gasteiger charge is 2.12. The molecule has 0 spiro atoms. The maximum Gasteiger partial charge on any atom is 0.325 e. The Labute approximate surface area is 123 Å². The van der Waals surface area contributed by atoms with Crippen LogP contribution in [0.25, 0.3) is 10.1 Å². The summed E-state index contributed by atoms with van der Waals surface area (Å²) in [6, 6.07) is 11.1. The van der Waals surface area contributed by atoms with Crippen LogP contribution in [0.5, 0.6) is 0 Å². The van der Waals surface area contributed by atoms with Gasteiger partial charge in [0.1, 0.15) is 6.54 Å². The molecule has 0 unspecified atom stereocenters. The zero-order valence-electron chi connectivity index (χ0n) is 10.8. The highest BCUT2D eigenvalue weighted by atomic mass is 32.1. The average Bonchev–Trinajstić information content (AvgIpc) is 3.04. The topological polar surface area (TPSA) is 84.2 Å². The van der Waals surface area contributed by atoms with E-state index in [1.807, 2.05) is 30.3 Å². The lowest BCUT2D eigenvalue weighted by molar-refractivity contribution is -0.137. The molecule has 2 aromatic heterocycles. The Morgan fingerprint density at radius 2 is 2.10 bits per heavy atom. The number of thiophene rings is 1. The van der Waals surface area contributed by atoms with Crippen LogP contribution in [0.2, 0.25) is 0 Å². The van der Waals surface area contributed by atoms with Gasteiger partial charge in [0.05, 0.1) is 4.88 Å². The van der Waals surface area contributed by atoms with Gasteiger partial charge >= 0.3 is 5.97 Å². The Morgan fingerprint density at radius 3 is 2.86 bits per heavy atom. The van der Waals surface area contributed by atoms with E-state index in [2.05, 4.69) is 10.4 Å². The second kappa shape index (κ2) is 5.37. The van der Waals surface area contributed by atoms with E-state index in [4.69, 9.17) is 5.11 Å². The van der Waals surface area contributed by atoms with Crippen molar-refractivity contribution in [2.45, 2.75) is 6.54 Å². The fraction of sp³-hybridized carbons (Fsp3) is 0.0714. The molecule has 1 amide bonds. The van der Waals surface area contributed by atoms with Gasteiger partial charge in [-0.3, -0.25) is 14.3 Å². The minimum absolute atomic E-state index is 0.237. The summed E-state index contributed by atoms with van der Waals surface area (Å²) in [6.45, 7) is -0.237. The highest BCUT2D eigenvalue weighted by Crippen LogP contribution is 2.25. The second-order valence-electron chi connectivity index (χ2n) is 4.39. The summed E-state index contributed by atoms with van der Waals surface area (Å²) in [4.78, 5) is 23.3. The van der Waals surface area contributed by atoms with E-state index in [0.717, 1.165) is 10.1 Å². The van der Waals surface area contributed by atoms with Gasteiger partial charge in [-0.2, -0.15) is 5.10 Å². The normalized spacial score (nSPS) is 10.7. The van der Waals surface area contributed by atoms with Crippen LogP contribution >= 0.6 is 11.3 Å². The molecule has 7 heteroatoms. The van der Waals surface area contributed by atoms with Gasteiger partial charge in [0.2, 0.25) is 0 Å². The summed E-state index contributed by atoms with van der Waals surface area (Å²) in [5, 5.41) is 16.3. The molecule has 0 saturated carbocycles. The van der Waals surface area contributed by atoms with Crippen molar-refractivity contribution in [1.29, 1.82) is 0 Å². The van der Waals surface area contributed by atoms with Crippen molar-refractivity contribution in [1.82, 2.24) is 9.78 Å². The molecule has 0 aliphatic rings. The van der Waals surface area contributed by atoms with Crippen molar-refractivity contribution >= 4 is 39.1 Å². The number of benzene rings is 1. The van der Waals surface area contributed by atoms with Crippen molar-refractivity contribution in [3.63, 3.8) is 0 Å². The first-order valence-corrected chi connectivity index (χ1v) is 6.98. The number of carboxylic acids is 1. The van der Waals surface area contributed by atoms with E-state index < -0.39 is 5.97 Å². The SMILES string of the molecule is O=C(O)Cn1ccc(NC(=O)c2cc3ccccc3s2)n1. The molecule has 0 bridgehead atoms. The molecule has 0 aliphatic carbocycles. The molecule has 2 N–H and O–H groups in total. The largest absolute Gasteiger partial charge is 0.480 e. The fourth-order valence-corrected chi connectivity index (χ4v) is 2.88. The lowest BCUT2D eigenvalue weighted by Crippen LogP contribution is -2.12. The molecule has 1 aromatic carbocycles. The van der Waals surface area contributed by atoms with E-state index in [1.54, 1.807) is 6.07 Å². The Hall–Kier alpha value is -2.67. The zero-order chi connectivity index (χ0) is 14.8. The summed E-state index contributed by atoms with van der Waals surface area (Å²) < 4.78 is 2.29. The van der Waals surface area contributed by atoms with Crippen LogP contribution < -0.4 is 5.32 Å². The van der Waals surface area contributed by atoms with Crippen molar-refractivity contribution in [3.05, 3.63) is 47.5 Å². The third-order valence-corrected chi connectivity index (χ3v) is 3.94. The maximum atomic E-state index is 12.1. The number of hydrogen-bond donors (Lipinski definition) is 2. The van der Waals surface area contributed by atoms with Crippen molar-refractivity contribution in [3.8, 4) is 0 Å². The number of nitrogens with zero attached hydrogens (tertiary/aromatic N) is 2. The van der Waals surface area contributed by atoms with E-state index in [9.17, 15) is 9.59 Å². The monoisotopic (exact) mass is 301 g/mol. The van der Waals surface area contributed by atoms with Gasteiger partial charge in [-0.25, -0.2) is 0 Å². The predicted molar refractivity (Wildman–Crippen MR) is 79.6 cm³/mol. The molecule has 6 nitrogen and oxygen atoms in total. The summed E-state index contributed by atoms with van der Waals surface area (Å²) in [7, 11) is 0. The number of amides is 1. The first-order chi connectivity index (χ1) is 10.1. The van der Waals surface area contributed by atoms with Crippen LogP contribution in [-0.4, -0.2) is 26.8 Å². The van der Waals surface area contributed by atoms with Crippen LogP contribution in [-0.2, 0) is 11.3 Å². The molecule has 0 saturated heterocycles. The molecule has 106 valence electrons. The molecule has 21 heavy (non-hydrogen) atoms. The van der Waals surface area contributed by atoms with Crippen LogP contribution in [0.15, 0.2) is 42.6 Å². The van der Waals surface area contributed by atoms with Crippen molar-refractivity contribution in [2.75, 3.05) is 5.32 Å². The summed E-state index contributed by atoms with van der Waals surface area (Å²) >= 11 is 1.40. The Balaban J connectivity index is 1.76. The van der Waals surface area contributed by atoms with Crippen LogP contribution in [0.1, 0.15) is 9.67 Å². The highest BCUT2D eigenvalue weighted by molar-refractivity contribution is 7.20. The smallest absolute Gasteiger partial charge is 0.325 e. The lowest BCUT2D eigenvalue weighted by Gasteiger charge is -1.98. The van der Waals surface area contributed by atoms with Gasteiger partial charge in [0, 0.05) is 17.0 Å². The summed E-state index contributed by atoms with van der Waals surface area (Å²) in [6.07, 6.45) is 1.51. The van der Waals surface area contributed by atoms with Gasteiger partial charge < -0.3 is 10.4 Å². The Bertz CT molecular complexity index is 789. The standard InChI is InChI=1S/C14H11N3O3S/c18-13(19)8-17-6-5-12(16-17)15-14(20)11-7-9-3-1-2-4-10(9)21-11/h1-7H,8H2,(H,18,19)(H,15,16,20). The predicted octanol–water partition coefficient (Wildman–Crippen LogP) is 2.43. The molecular weight excluding hydrogens is 290 g/mol. The molecule has 0 aliphatic heterocycles. The molecule has 2 heterocycles. The number of carbonyl (C=O) groups excluding carboxylic acids is 1. The van der Waals surface area contributed by atoms with E-state index >= 15 is 0 Å².